The van der Waals surface area contributed by atoms with E-state index in [1.165, 1.54) is 4.90 Å². The van der Waals surface area contributed by atoms with Gasteiger partial charge in [0.1, 0.15) is 18.2 Å². The van der Waals surface area contributed by atoms with Gasteiger partial charge < -0.3 is 20.3 Å². The van der Waals surface area contributed by atoms with Crippen molar-refractivity contribution in [3.8, 4) is 0 Å². The zero-order valence-electron chi connectivity index (χ0n) is 19.1. The number of amides is 3. The van der Waals surface area contributed by atoms with Gasteiger partial charge in [-0.25, -0.2) is 4.79 Å². The molecule has 0 aliphatic carbocycles. The molecule has 1 unspecified atom stereocenters. The number of nitrogens with zero attached hydrogens (tertiary/aromatic N) is 1. The Bertz CT molecular complexity index is 760. The van der Waals surface area contributed by atoms with Crippen LogP contribution in [0, 0.1) is 13.8 Å². The van der Waals surface area contributed by atoms with Gasteiger partial charge in [-0.05, 0) is 72.1 Å². The zero-order chi connectivity index (χ0) is 22.6. The van der Waals surface area contributed by atoms with E-state index in [0.717, 1.165) is 16.7 Å². The van der Waals surface area contributed by atoms with Crippen molar-refractivity contribution in [3.63, 3.8) is 0 Å². The van der Waals surface area contributed by atoms with Crippen molar-refractivity contribution in [2.75, 3.05) is 13.6 Å². The van der Waals surface area contributed by atoms with Gasteiger partial charge in [-0.15, -0.1) is 0 Å². The SMILES string of the molecule is Cc1cccc(C(C(=O)NC(C)(C)C)N(C)C(=O)CNC(=O)OC(C)(C)C)c1C. The second kappa shape index (κ2) is 9.29. The monoisotopic (exact) mass is 405 g/mol. The minimum absolute atomic E-state index is 0.268. The van der Waals surface area contributed by atoms with Crippen LogP contribution in [0.4, 0.5) is 4.79 Å². The van der Waals surface area contributed by atoms with E-state index in [1.54, 1.807) is 27.8 Å². The molecule has 0 bridgehead atoms. The largest absolute Gasteiger partial charge is 0.444 e. The molecule has 0 aliphatic rings. The third-order valence-corrected chi connectivity index (χ3v) is 4.25. The van der Waals surface area contributed by atoms with Gasteiger partial charge in [0.25, 0.3) is 0 Å². The first-order valence-electron chi connectivity index (χ1n) is 9.73. The molecule has 0 heterocycles. The lowest BCUT2D eigenvalue weighted by molar-refractivity contribution is -0.139. The van der Waals surface area contributed by atoms with Gasteiger partial charge in [-0.2, -0.15) is 0 Å². The van der Waals surface area contributed by atoms with Gasteiger partial charge in [0, 0.05) is 12.6 Å². The summed E-state index contributed by atoms with van der Waals surface area (Å²) in [6.07, 6.45) is -0.679. The molecule has 1 aromatic rings. The van der Waals surface area contributed by atoms with Crippen LogP contribution in [0.2, 0.25) is 0 Å². The van der Waals surface area contributed by atoms with Crippen LogP contribution in [0.15, 0.2) is 18.2 Å². The van der Waals surface area contributed by atoms with Crippen LogP contribution >= 0.6 is 0 Å². The molecule has 7 nitrogen and oxygen atoms in total. The van der Waals surface area contributed by atoms with Gasteiger partial charge in [0.15, 0.2) is 0 Å². The van der Waals surface area contributed by atoms with Crippen LogP contribution in [0.5, 0.6) is 0 Å². The Labute approximate surface area is 174 Å². The molecule has 3 amide bonds. The first-order chi connectivity index (χ1) is 13.1. The Morgan fingerprint density at radius 3 is 2.17 bits per heavy atom. The van der Waals surface area contributed by atoms with E-state index in [2.05, 4.69) is 10.6 Å². The summed E-state index contributed by atoms with van der Waals surface area (Å²) in [7, 11) is 1.56. The third-order valence-electron chi connectivity index (χ3n) is 4.25. The quantitative estimate of drug-likeness (QED) is 0.787. The highest BCUT2D eigenvalue weighted by atomic mass is 16.6. The summed E-state index contributed by atoms with van der Waals surface area (Å²) in [5.74, 6) is -0.676. The second-order valence-corrected chi connectivity index (χ2v) is 9.29. The lowest BCUT2D eigenvalue weighted by Gasteiger charge is -2.32. The molecule has 0 radical (unpaired) electrons. The molecule has 0 saturated heterocycles. The van der Waals surface area contributed by atoms with E-state index in [9.17, 15) is 14.4 Å². The van der Waals surface area contributed by atoms with Crippen molar-refractivity contribution in [1.29, 1.82) is 0 Å². The fraction of sp³-hybridized carbons (Fsp3) is 0.591. The highest BCUT2D eigenvalue weighted by molar-refractivity contribution is 5.90. The smallest absolute Gasteiger partial charge is 0.408 e. The summed E-state index contributed by atoms with van der Waals surface area (Å²) < 4.78 is 5.16. The molecule has 1 atom stereocenters. The van der Waals surface area contributed by atoms with Gasteiger partial charge in [-0.1, -0.05) is 18.2 Å². The molecule has 0 aliphatic heterocycles. The second-order valence-electron chi connectivity index (χ2n) is 9.29. The summed E-state index contributed by atoms with van der Waals surface area (Å²) in [6.45, 7) is 14.5. The number of hydrogen-bond acceptors (Lipinski definition) is 4. The van der Waals surface area contributed by atoms with Crippen LogP contribution in [-0.2, 0) is 14.3 Å². The maximum atomic E-state index is 13.1. The molecule has 2 N–H and O–H groups in total. The molecule has 1 aromatic carbocycles. The lowest BCUT2D eigenvalue weighted by Crippen LogP contribution is -2.50. The Kier molecular flexibility index (Phi) is 7.83. The number of likely N-dealkylation sites (N-methyl/N-ethyl adjacent to an activating group) is 1. The van der Waals surface area contributed by atoms with Crippen LogP contribution in [0.1, 0.15) is 64.3 Å². The van der Waals surface area contributed by atoms with Crippen molar-refractivity contribution < 1.29 is 19.1 Å². The van der Waals surface area contributed by atoms with Crippen molar-refractivity contribution in [2.24, 2.45) is 0 Å². The molecule has 0 fully saturated rings. The Morgan fingerprint density at radius 1 is 1.07 bits per heavy atom. The molecule has 1 rings (SSSR count). The normalized spacial score (nSPS) is 12.7. The van der Waals surface area contributed by atoms with Crippen molar-refractivity contribution >= 4 is 17.9 Å². The summed E-state index contributed by atoms with van der Waals surface area (Å²) in [5.41, 5.74) is 1.61. The van der Waals surface area contributed by atoms with E-state index in [-0.39, 0.29) is 12.5 Å². The van der Waals surface area contributed by atoms with E-state index in [0.29, 0.717) is 0 Å². The van der Waals surface area contributed by atoms with Crippen LogP contribution in [0.3, 0.4) is 0 Å². The topological polar surface area (TPSA) is 87.7 Å². The fourth-order valence-corrected chi connectivity index (χ4v) is 2.76. The van der Waals surface area contributed by atoms with Crippen molar-refractivity contribution in [1.82, 2.24) is 15.5 Å². The molecule has 0 spiro atoms. The molecule has 162 valence electrons. The van der Waals surface area contributed by atoms with E-state index < -0.39 is 29.2 Å². The Balaban J connectivity index is 3.09. The van der Waals surface area contributed by atoms with Gasteiger partial charge in [-0.3, -0.25) is 9.59 Å². The summed E-state index contributed by atoms with van der Waals surface area (Å²) in [6, 6.07) is 4.86. The number of aryl methyl sites for hydroxylation is 1. The maximum absolute atomic E-state index is 13.1. The highest BCUT2D eigenvalue weighted by Gasteiger charge is 2.32. The lowest BCUT2D eigenvalue weighted by atomic mass is 9.95. The summed E-state index contributed by atoms with van der Waals surface area (Å²) in [5, 5.41) is 5.41. The van der Waals surface area contributed by atoms with Crippen LogP contribution in [-0.4, -0.2) is 47.5 Å². The average Bonchev–Trinajstić information content (AvgIpc) is 2.53. The van der Waals surface area contributed by atoms with Crippen LogP contribution < -0.4 is 10.6 Å². The predicted octanol–water partition coefficient (Wildman–Crippen LogP) is 3.24. The molecule has 7 heteroatoms. The van der Waals surface area contributed by atoms with Crippen molar-refractivity contribution in [2.45, 2.75) is 72.6 Å². The Hall–Kier alpha value is -2.57. The van der Waals surface area contributed by atoms with E-state index in [1.807, 2.05) is 52.8 Å². The summed E-state index contributed by atoms with van der Waals surface area (Å²) >= 11 is 0. The number of hydrogen-bond donors (Lipinski definition) is 2. The number of carbonyl (C=O) groups is 3. The van der Waals surface area contributed by atoms with E-state index >= 15 is 0 Å². The first kappa shape index (κ1) is 24.5. The summed E-state index contributed by atoms with van der Waals surface area (Å²) in [4.78, 5) is 39.1. The average molecular weight is 406 g/mol. The minimum atomic E-state index is -0.818. The third kappa shape index (κ3) is 7.75. The molecule has 29 heavy (non-hydrogen) atoms. The number of ether oxygens (including phenoxy) is 1. The first-order valence-corrected chi connectivity index (χ1v) is 9.73. The number of alkyl carbamates (subject to hydrolysis) is 1. The Morgan fingerprint density at radius 2 is 1.66 bits per heavy atom. The van der Waals surface area contributed by atoms with Crippen LogP contribution in [0.25, 0.3) is 0 Å². The molecular weight excluding hydrogens is 370 g/mol. The van der Waals surface area contributed by atoms with Crippen molar-refractivity contribution in [3.05, 3.63) is 34.9 Å². The zero-order valence-corrected chi connectivity index (χ0v) is 19.1. The number of nitrogens with one attached hydrogen (secondary N) is 2. The van der Waals surface area contributed by atoms with E-state index in [4.69, 9.17) is 4.74 Å². The minimum Gasteiger partial charge on any atom is -0.444 e. The fourth-order valence-electron chi connectivity index (χ4n) is 2.76. The number of carbonyl (C=O) groups excluding carboxylic acids is 3. The van der Waals surface area contributed by atoms with Gasteiger partial charge >= 0.3 is 6.09 Å². The standard InChI is InChI=1S/C22H35N3O4/c1-14-11-10-12-16(15(14)2)18(19(27)24-21(3,4)5)25(9)17(26)13-23-20(28)29-22(6,7)8/h10-12,18H,13H2,1-9H3,(H,23,28)(H,24,27). The maximum Gasteiger partial charge on any atom is 0.408 e. The van der Waals surface area contributed by atoms with Gasteiger partial charge in [0.2, 0.25) is 11.8 Å². The molecule has 0 saturated carbocycles. The molecular formula is C22H35N3O4. The molecule has 0 aromatic heterocycles. The number of rotatable bonds is 5. The number of benzene rings is 1. The van der Waals surface area contributed by atoms with Gasteiger partial charge in [0.05, 0.1) is 0 Å². The predicted molar refractivity (Wildman–Crippen MR) is 114 cm³/mol. The highest BCUT2D eigenvalue weighted by Crippen LogP contribution is 2.26.